The maximum atomic E-state index is 2.40. The van der Waals surface area contributed by atoms with Crippen LogP contribution in [-0.2, 0) is 6.42 Å². The van der Waals surface area contributed by atoms with Gasteiger partial charge in [-0.25, -0.2) is 0 Å². The zero-order valence-electron chi connectivity index (χ0n) is 8.45. The minimum Gasteiger partial charge on any atom is -0.0879 e. The van der Waals surface area contributed by atoms with Crippen LogP contribution in [0.3, 0.4) is 0 Å². The summed E-state index contributed by atoms with van der Waals surface area (Å²) in [6.07, 6.45) is 11.6. The zero-order valence-corrected chi connectivity index (χ0v) is 8.45. The van der Waals surface area contributed by atoms with Crippen molar-refractivity contribution in [3.63, 3.8) is 0 Å². The lowest BCUT2D eigenvalue weighted by Crippen LogP contribution is -1.88. The summed E-state index contributed by atoms with van der Waals surface area (Å²) in [5, 5.41) is 0. The molecule has 1 aliphatic carbocycles. The fraction of sp³-hybridized carbons (Fsp3) is 0.286. The molecule has 0 nitrogen and oxygen atoms in total. The normalized spacial score (nSPS) is 16.1. The van der Waals surface area contributed by atoms with Gasteiger partial charge in [-0.3, -0.25) is 0 Å². The van der Waals surface area contributed by atoms with Crippen molar-refractivity contribution in [2.45, 2.75) is 25.7 Å². The molecule has 1 aromatic carbocycles. The molecule has 1 aliphatic rings. The monoisotopic (exact) mass is 184 g/mol. The number of hydrogen-bond donors (Lipinski definition) is 0. The molecule has 1 aromatic rings. The number of benzene rings is 1. The van der Waals surface area contributed by atoms with Crippen LogP contribution in [0.4, 0.5) is 0 Å². The summed E-state index contributed by atoms with van der Waals surface area (Å²) in [5.74, 6) is 0. The van der Waals surface area contributed by atoms with E-state index in [0.717, 1.165) is 12.8 Å². The molecule has 0 N–H and O–H groups in total. The molecule has 0 amide bonds. The van der Waals surface area contributed by atoms with Gasteiger partial charge in [0.1, 0.15) is 0 Å². The highest BCUT2D eigenvalue weighted by atomic mass is 14.0. The topological polar surface area (TPSA) is 0 Å². The number of allylic oxidation sites excluding steroid dienone is 4. The summed E-state index contributed by atoms with van der Waals surface area (Å²) in [7, 11) is 0. The quantitative estimate of drug-likeness (QED) is 0.611. The van der Waals surface area contributed by atoms with E-state index in [0.29, 0.717) is 0 Å². The van der Waals surface area contributed by atoms with E-state index in [1.807, 2.05) is 0 Å². The summed E-state index contributed by atoms with van der Waals surface area (Å²) in [4.78, 5) is 0. The van der Waals surface area contributed by atoms with Gasteiger partial charge in [0.2, 0.25) is 0 Å². The molecule has 2 rings (SSSR count). The molecule has 0 spiro atoms. The van der Waals surface area contributed by atoms with Gasteiger partial charge < -0.3 is 0 Å². The van der Waals surface area contributed by atoms with Crippen LogP contribution in [0.5, 0.6) is 0 Å². The lowest BCUT2D eigenvalue weighted by molar-refractivity contribution is 1.02. The predicted molar refractivity (Wildman–Crippen MR) is 61.2 cm³/mol. The molecule has 0 aromatic heterocycles. The van der Waals surface area contributed by atoms with Crippen molar-refractivity contribution in [2.75, 3.05) is 0 Å². The van der Waals surface area contributed by atoms with Crippen molar-refractivity contribution < 1.29 is 0 Å². The van der Waals surface area contributed by atoms with Crippen LogP contribution in [0.1, 0.15) is 24.8 Å². The van der Waals surface area contributed by atoms with Crippen LogP contribution in [0.25, 0.3) is 0 Å². The second-order valence-electron chi connectivity index (χ2n) is 3.78. The maximum Gasteiger partial charge on any atom is -0.00640 e. The van der Waals surface area contributed by atoms with Gasteiger partial charge in [-0.1, -0.05) is 54.1 Å². The summed E-state index contributed by atoms with van der Waals surface area (Å²) < 4.78 is 0. The van der Waals surface area contributed by atoms with Crippen molar-refractivity contribution in [2.24, 2.45) is 0 Å². The fourth-order valence-corrected chi connectivity index (χ4v) is 1.82. The zero-order chi connectivity index (χ0) is 9.64. The highest BCUT2D eigenvalue weighted by Gasteiger charge is 1.99. The van der Waals surface area contributed by atoms with Gasteiger partial charge in [0, 0.05) is 0 Å². The predicted octanol–water partition coefficient (Wildman–Crippen LogP) is 3.90. The molecule has 0 bridgehead atoms. The first-order valence-corrected chi connectivity index (χ1v) is 5.32. The molecule has 0 radical (unpaired) electrons. The maximum absolute atomic E-state index is 2.40. The average Bonchev–Trinajstić information content (AvgIpc) is 2.48. The van der Waals surface area contributed by atoms with Gasteiger partial charge in [-0.2, -0.15) is 0 Å². The Kier molecular flexibility index (Phi) is 3.18. The SMILES string of the molecule is C1=CCC(Cc2ccccc2)=CCC1. The Morgan fingerprint density at radius 3 is 2.64 bits per heavy atom. The van der Waals surface area contributed by atoms with Crippen molar-refractivity contribution in [1.82, 2.24) is 0 Å². The van der Waals surface area contributed by atoms with Crippen molar-refractivity contribution in [3.8, 4) is 0 Å². The second kappa shape index (κ2) is 4.80. The first-order valence-electron chi connectivity index (χ1n) is 5.32. The summed E-state index contributed by atoms with van der Waals surface area (Å²) in [6.45, 7) is 0. The van der Waals surface area contributed by atoms with Crippen molar-refractivity contribution in [3.05, 3.63) is 59.7 Å². The smallest absolute Gasteiger partial charge is 0.00640 e. The molecular weight excluding hydrogens is 168 g/mol. The molecule has 0 saturated carbocycles. The van der Waals surface area contributed by atoms with Crippen molar-refractivity contribution >= 4 is 0 Å². The van der Waals surface area contributed by atoms with Crippen LogP contribution in [0, 0.1) is 0 Å². The minimum atomic E-state index is 1.12. The van der Waals surface area contributed by atoms with E-state index in [4.69, 9.17) is 0 Å². The molecule has 0 unspecified atom stereocenters. The van der Waals surface area contributed by atoms with Gasteiger partial charge in [-0.15, -0.1) is 0 Å². The summed E-state index contributed by atoms with van der Waals surface area (Å²) in [5.41, 5.74) is 2.99. The first kappa shape index (κ1) is 9.26. The molecule has 72 valence electrons. The number of rotatable bonds is 2. The molecule has 0 fully saturated rings. The third-order valence-electron chi connectivity index (χ3n) is 2.59. The van der Waals surface area contributed by atoms with Crippen LogP contribution in [0.2, 0.25) is 0 Å². The molecule has 0 heteroatoms. The molecule has 0 aliphatic heterocycles. The molecule has 14 heavy (non-hydrogen) atoms. The Hall–Kier alpha value is -1.30. The van der Waals surface area contributed by atoms with E-state index >= 15 is 0 Å². The van der Waals surface area contributed by atoms with Crippen LogP contribution in [-0.4, -0.2) is 0 Å². The van der Waals surface area contributed by atoms with E-state index < -0.39 is 0 Å². The van der Waals surface area contributed by atoms with Gasteiger partial charge in [0.15, 0.2) is 0 Å². The minimum absolute atomic E-state index is 1.12. The van der Waals surface area contributed by atoms with Gasteiger partial charge in [0.25, 0.3) is 0 Å². The summed E-state index contributed by atoms with van der Waals surface area (Å²) >= 11 is 0. The second-order valence-corrected chi connectivity index (χ2v) is 3.78. The Labute approximate surface area is 86.0 Å². The molecule has 0 heterocycles. The Morgan fingerprint density at radius 1 is 0.929 bits per heavy atom. The van der Waals surface area contributed by atoms with Crippen molar-refractivity contribution in [1.29, 1.82) is 0 Å². The standard InChI is InChI=1S/C14H16/c1-2-5-9-13(8-4-1)12-14-10-6-3-7-11-14/h1,3-4,6-7,9-11H,2,5,8,12H2. The molecule has 0 atom stereocenters. The van der Waals surface area contributed by atoms with Gasteiger partial charge in [0.05, 0.1) is 0 Å². The Morgan fingerprint density at radius 2 is 1.79 bits per heavy atom. The average molecular weight is 184 g/mol. The van der Waals surface area contributed by atoms with E-state index in [-0.39, 0.29) is 0 Å². The van der Waals surface area contributed by atoms with Crippen LogP contribution < -0.4 is 0 Å². The number of hydrogen-bond acceptors (Lipinski definition) is 0. The Balaban J connectivity index is 2.03. The first-order chi connectivity index (χ1) is 6.95. The highest BCUT2D eigenvalue weighted by molar-refractivity contribution is 5.23. The lowest BCUT2D eigenvalue weighted by Gasteiger charge is -2.03. The van der Waals surface area contributed by atoms with E-state index in [1.54, 1.807) is 5.57 Å². The van der Waals surface area contributed by atoms with E-state index in [9.17, 15) is 0 Å². The molecular formula is C14H16. The van der Waals surface area contributed by atoms with Crippen LogP contribution in [0.15, 0.2) is 54.1 Å². The van der Waals surface area contributed by atoms with Gasteiger partial charge >= 0.3 is 0 Å². The Bertz CT molecular complexity index is 330. The highest BCUT2D eigenvalue weighted by Crippen LogP contribution is 2.16. The third-order valence-corrected chi connectivity index (χ3v) is 2.59. The van der Waals surface area contributed by atoms with Crippen LogP contribution >= 0.6 is 0 Å². The lowest BCUT2D eigenvalue weighted by atomic mass is 10.0. The fourth-order valence-electron chi connectivity index (χ4n) is 1.82. The van der Waals surface area contributed by atoms with Gasteiger partial charge in [-0.05, 0) is 31.2 Å². The molecule has 0 saturated heterocycles. The third kappa shape index (κ3) is 2.59. The van der Waals surface area contributed by atoms with E-state index in [1.165, 1.54) is 18.4 Å². The largest absolute Gasteiger partial charge is 0.0879 e. The van der Waals surface area contributed by atoms with E-state index in [2.05, 4.69) is 48.6 Å². The summed E-state index contributed by atoms with van der Waals surface area (Å²) in [6, 6.07) is 10.7.